The van der Waals surface area contributed by atoms with Crippen LogP contribution in [-0.2, 0) is 0 Å². The average molecular weight is 360 g/mol. The number of benzene rings is 1. The highest BCUT2D eigenvalue weighted by molar-refractivity contribution is 14.1. The largest absolute Gasteiger partial charge is 0.405 e. The van der Waals surface area contributed by atoms with Gasteiger partial charge in [-0.1, -0.05) is 0 Å². The van der Waals surface area contributed by atoms with E-state index in [9.17, 15) is 13.2 Å². The van der Waals surface area contributed by atoms with Gasteiger partial charge in [-0.25, -0.2) is 0 Å². The number of hydrogen-bond acceptors (Lipinski definition) is 3. The van der Waals surface area contributed by atoms with Crippen LogP contribution < -0.4 is 10.6 Å². The summed E-state index contributed by atoms with van der Waals surface area (Å²) in [5.74, 6) is 0. The molecule has 96 valence electrons. The average Bonchev–Trinajstić information content (AvgIpc) is 2.14. The van der Waals surface area contributed by atoms with Crippen molar-refractivity contribution in [3.63, 3.8) is 0 Å². The van der Waals surface area contributed by atoms with Crippen LogP contribution in [-0.4, -0.2) is 31.0 Å². The van der Waals surface area contributed by atoms with Crippen LogP contribution in [0.1, 0.15) is 0 Å². The molecule has 0 radical (unpaired) electrons. The van der Waals surface area contributed by atoms with Crippen molar-refractivity contribution >= 4 is 34.0 Å². The van der Waals surface area contributed by atoms with Crippen molar-refractivity contribution in [2.45, 2.75) is 6.18 Å². The van der Waals surface area contributed by atoms with Gasteiger partial charge in [0.15, 0.2) is 0 Å². The Hall–Kier alpha value is -0.700. The molecule has 0 saturated heterocycles. The van der Waals surface area contributed by atoms with Crippen molar-refractivity contribution in [3.8, 4) is 0 Å². The molecule has 0 aliphatic rings. The van der Waals surface area contributed by atoms with Gasteiger partial charge in [-0.3, -0.25) is 0 Å². The quantitative estimate of drug-likeness (QED) is 0.640. The van der Waals surface area contributed by atoms with Crippen molar-refractivity contribution in [3.05, 3.63) is 21.8 Å². The topological polar surface area (TPSA) is 49.5 Å². The SMILES string of the molecule is Nc1ccc(N(CCO)CC(F)(F)F)c(I)c1. The van der Waals surface area contributed by atoms with Crippen LogP contribution in [0.4, 0.5) is 24.5 Å². The first kappa shape index (κ1) is 14.4. The monoisotopic (exact) mass is 360 g/mol. The van der Waals surface area contributed by atoms with Gasteiger partial charge in [-0.15, -0.1) is 0 Å². The van der Waals surface area contributed by atoms with Gasteiger partial charge in [-0.2, -0.15) is 13.2 Å². The second-order valence-electron chi connectivity index (χ2n) is 3.47. The number of nitrogens with zero attached hydrogens (tertiary/aromatic N) is 1. The lowest BCUT2D eigenvalue weighted by Gasteiger charge is -2.26. The molecule has 0 heterocycles. The molecule has 0 bridgehead atoms. The molecule has 0 aliphatic heterocycles. The smallest absolute Gasteiger partial charge is 0.399 e. The van der Waals surface area contributed by atoms with Crippen LogP contribution in [0.5, 0.6) is 0 Å². The summed E-state index contributed by atoms with van der Waals surface area (Å²) >= 11 is 1.92. The maximum absolute atomic E-state index is 12.4. The molecule has 0 aromatic heterocycles. The van der Waals surface area contributed by atoms with Crippen LogP contribution in [0, 0.1) is 3.57 Å². The fourth-order valence-corrected chi connectivity index (χ4v) is 2.28. The predicted molar refractivity (Wildman–Crippen MR) is 68.9 cm³/mol. The van der Waals surface area contributed by atoms with Gasteiger partial charge < -0.3 is 15.7 Å². The summed E-state index contributed by atoms with van der Waals surface area (Å²) in [4.78, 5) is 1.08. The first-order valence-corrected chi connectivity index (χ1v) is 5.89. The maximum atomic E-state index is 12.4. The van der Waals surface area contributed by atoms with Crippen LogP contribution >= 0.6 is 22.6 Å². The van der Waals surface area contributed by atoms with Crippen LogP contribution in [0.25, 0.3) is 0 Å². The van der Waals surface area contributed by atoms with E-state index in [0.29, 0.717) is 14.9 Å². The standard InChI is InChI=1S/C10H12F3IN2O/c11-10(12,13)6-16(3-4-17)9-2-1-7(15)5-8(9)14/h1-2,5,17H,3-4,6,15H2. The number of nitrogens with two attached hydrogens (primary N) is 1. The highest BCUT2D eigenvalue weighted by Crippen LogP contribution is 2.27. The number of halogens is 4. The first-order valence-electron chi connectivity index (χ1n) is 4.81. The normalized spacial score (nSPS) is 11.6. The number of aliphatic hydroxyl groups excluding tert-OH is 1. The van der Waals surface area contributed by atoms with E-state index in [1.165, 1.54) is 12.1 Å². The molecular weight excluding hydrogens is 348 g/mol. The molecule has 0 spiro atoms. The van der Waals surface area contributed by atoms with E-state index in [1.807, 2.05) is 22.6 Å². The number of hydrogen-bond donors (Lipinski definition) is 2. The summed E-state index contributed by atoms with van der Waals surface area (Å²) in [5.41, 5.74) is 6.45. The number of rotatable bonds is 4. The molecular formula is C10H12F3IN2O. The molecule has 0 saturated carbocycles. The summed E-state index contributed by atoms with van der Waals surface area (Å²) in [5, 5.41) is 8.80. The van der Waals surface area contributed by atoms with E-state index < -0.39 is 12.7 Å². The van der Waals surface area contributed by atoms with E-state index in [2.05, 4.69) is 0 Å². The van der Waals surface area contributed by atoms with Crippen molar-refractivity contribution in [1.29, 1.82) is 0 Å². The molecule has 3 nitrogen and oxygen atoms in total. The van der Waals surface area contributed by atoms with Gasteiger partial charge in [0.25, 0.3) is 0 Å². The molecule has 17 heavy (non-hydrogen) atoms. The Morgan fingerprint density at radius 2 is 2.00 bits per heavy atom. The highest BCUT2D eigenvalue weighted by atomic mass is 127. The second kappa shape index (κ2) is 5.76. The molecule has 0 fully saturated rings. The number of alkyl halides is 3. The van der Waals surface area contributed by atoms with Crippen molar-refractivity contribution < 1.29 is 18.3 Å². The lowest BCUT2D eigenvalue weighted by molar-refractivity contribution is -0.119. The molecule has 0 aliphatic carbocycles. The molecule has 0 atom stereocenters. The van der Waals surface area contributed by atoms with E-state index in [0.717, 1.165) is 4.90 Å². The number of anilines is 2. The molecule has 1 rings (SSSR count). The minimum absolute atomic E-state index is 0.0700. The Kier molecular flexibility index (Phi) is 4.87. The Morgan fingerprint density at radius 1 is 1.35 bits per heavy atom. The predicted octanol–water partition coefficient (Wildman–Crippen LogP) is 2.23. The third-order valence-electron chi connectivity index (χ3n) is 2.05. The van der Waals surface area contributed by atoms with Gasteiger partial charge in [0.05, 0.1) is 12.3 Å². The summed E-state index contributed by atoms with van der Waals surface area (Å²) in [6.45, 7) is -1.50. The zero-order valence-corrected chi connectivity index (χ0v) is 11.0. The molecule has 3 N–H and O–H groups in total. The highest BCUT2D eigenvalue weighted by Gasteiger charge is 2.31. The Balaban J connectivity index is 2.97. The molecule has 1 aromatic carbocycles. The third kappa shape index (κ3) is 4.58. The maximum Gasteiger partial charge on any atom is 0.405 e. The zero-order chi connectivity index (χ0) is 13.1. The van der Waals surface area contributed by atoms with Crippen molar-refractivity contribution in [1.82, 2.24) is 0 Å². The fraction of sp³-hybridized carbons (Fsp3) is 0.400. The Bertz CT molecular complexity index is 384. The van der Waals surface area contributed by atoms with Crippen molar-refractivity contribution in [2.24, 2.45) is 0 Å². The first-order chi connectivity index (χ1) is 7.83. The molecule has 0 amide bonds. The van der Waals surface area contributed by atoms with Crippen LogP contribution in [0.3, 0.4) is 0 Å². The lowest BCUT2D eigenvalue weighted by Crippen LogP contribution is -2.36. The van der Waals surface area contributed by atoms with Gasteiger partial charge in [-0.05, 0) is 40.8 Å². The van der Waals surface area contributed by atoms with Crippen LogP contribution in [0.2, 0.25) is 0 Å². The van der Waals surface area contributed by atoms with E-state index in [-0.39, 0.29) is 13.2 Å². The third-order valence-corrected chi connectivity index (χ3v) is 2.92. The Labute approximate surface area is 111 Å². The second-order valence-corrected chi connectivity index (χ2v) is 4.63. The molecule has 0 unspecified atom stereocenters. The minimum Gasteiger partial charge on any atom is -0.399 e. The van der Waals surface area contributed by atoms with Gasteiger partial charge in [0, 0.05) is 15.8 Å². The Morgan fingerprint density at radius 3 is 2.47 bits per heavy atom. The summed E-state index contributed by atoms with van der Waals surface area (Å²) in [6.07, 6.45) is -4.31. The van der Waals surface area contributed by atoms with Crippen molar-refractivity contribution in [2.75, 3.05) is 30.3 Å². The summed E-state index contributed by atoms with van der Waals surface area (Å²) in [7, 11) is 0. The zero-order valence-electron chi connectivity index (χ0n) is 8.84. The minimum atomic E-state index is -4.31. The summed E-state index contributed by atoms with van der Waals surface area (Å²) in [6, 6.07) is 4.66. The molecule has 1 aromatic rings. The number of nitrogen functional groups attached to an aromatic ring is 1. The number of aliphatic hydroxyl groups is 1. The fourth-order valence-electron chi connectivity index (χ4n) is 1.40. The van der Waals surface area contributed by atoms with Gasteiger partial charge in [0.1, 0.15) is 6.54 Å². The summed E-state index contributed by atoms with van der Waals surface area (Å²) < 4.78 is 37.8. The van der Waals surface area contributed by atoms with E-state index in [1.54, 1.807) is 6.07 Å². The van der Waals surface area contributed by atoms with E-state index in [4.69, 9.17) is 10.8 Å². The van der Waals surface area contributed by atoms with Gasteiger partial charge in [0.2, 0.25) is 0 Å². The van der Waals surface area contributed by atoms with E-state index >= 15 is 0 Å². The van der Waals surface area contributed by atoms with Gasteiger partial charge >= 0.3 is 6.18 Å². The molecule has 7 heteroatoms. The lowest BCUT2D eigenvalue weighted by atomic mass is 10.2. The van der Waals surface area contributed by atoms with Crippen LogP contribution in [0.15, 0.2) is 18.2 Å².